The zero-order valence-electron chi connectivity index (χ0n) is 11.0. The molecule has 4 nitrogen and oxygen atoms in total. The van der Waals surface area contributed by atoms with Crippen LogP contribution >= 0.6 is 0 Å². The molecule has 1 amide bonds. The number of carbonyl (C=O) groups is 1. The van der Waals surface area contributed by atoms with Crippen LogP contribution in [0.5, 0.6) is 0 Å². The summed E-state index contributed by atoms with van der Waals surface area (Å²) in [5.74, 6) is 0.549. The molecule has 0 aromatic rings. The normalized spacial score (nSPS) is 37.1. The van der Waals surface area contributed by atoms with Crippen molar-refractivity contribution in [3.05, 3.63) is 0 Å². The molecule has 0 aromatic carbocycles. The second kappa shape index (κ2) is 4.82. The molecule has 2 saturated carbocycles. The van der Waals surface area contributed by atoms with Crippen molar-refractivity contribution in [2.45, 2.75) is 56.6 Å². The van der Waals surface area contributed by atoms with Crippen LogP contribution in [-0.4, -0.2) is 47.2 Å². The molecular weight excluding hydrogens is 228 g/mol. The molecule has 1 heterocycles. The van der Waals surface area contributed by atoms with Gasteiger partial charge in [0.2, 0.25) is 5.91 Å². The van der Waals surface area contributed by atoms with Crippen molar-refractivity contribution < 1.29 is 9.90 Å². The Bertz CT molecular complexity index is 330. The molecule has 0 bridgehead atoms. The van der Waals surface area contributed by atoms with E-state index in [1.165, 1.54) is 6.42 Å². The lowest BCUT2D eigenvalue weighted by Gasteiger charge is -2.47. The maximum Gasteiger partial charge on any atom is 0.234 e. The number of nitrogens with one attached hydrogen (secondary N) is 1. The number of hydrogen-bond donors (Lipinski definition) is 2. The third kappa shape index (κ3) is 2.69. The summed E-state index contributed by atoms with van der Waals surface area (Å²) in [4.78, 5) is 14.0. The fraction of sp³-hybridized carbons (Fsp3) is 0.929. The van der Waals surface area contributed by atoms with Gasteiger partial charge in [-0.3, -0.25) is 9.69 Å². The quantitative estimate of drug-likeness (QED) is 0.784. The van der Waals surface area contributed by atoms with Gasteiger partial charge >= 0.3 is 0 Å². The molecule has 0 radical (unpaired) electrons. The predicted octanol–water partition coefficient (Wildman–Crippen LogP) is 0.892. The molecule has 1 saturated heterocycles. The first kappa shape index (κ1) is 12.4. The van der Waals surface area contributed by atoms with Crippen molar-refractivity contribution in [2.75, 3.05) is 19.6 Å². The summed E-state index contributed by atoms with van der Waals surface area (Å²) in [5, 5.41) is 13.6. The van der Waals surface area contributed by atoms with Crippen LogP contribution in [-0.2, 0) is 4.79 Å². The van der Waals surface area contributed by atoms with Gasteiger partial charge in [0.25, 0.3) is 0 Å². The second-order valence-electron chi connectivity index (χ2n) is 6.37. The first-order valence-corrected chi connectivity index (χ1v) is 7.40. The van der Waals surface area contributed by atoms with Crippen molar-refractivity contribution in [2.24, 2.45) is 5.92 Å². The number of piperidine rings is 1. The maximum absolute atomic E-state index is 11.8. The van der Waals surface area contributed by atoms with Gasteiger partial charge in [-0.15, -0.1) is 0 Å². The lowest BCUT2D eigenvalue weighted by atomic mass is 9.71. The number of likely N-dealkylation sites (tertiary alicyclic amines) is 1. The van der Waals surface area contributed by atoms with Crippen molar-refractivity contribution in [1.82, 2.24) is 10.2 Å². The Hall–Kier alpha value is -0.610. The minimum Gasteiger partial charge on any atom is -0.390 e. The Balaban J connectivity index is 1.51. The van der Waals surface area contributed by atoms with Crippen LogP contribution < -0.4 is 5.32 Å². The molecule has 3 aliphatic rings. The highest BCUT2D eigenvalue weighted by Gasteiger charge is 2.42. The second-order valence-corrected chi connectivity index (χ2v) is 6.37. The van der Waals surface area contributed by atoms with E-state index in [-0.39, 0.29) is 5.91 Å². The maximum atomic E-state index is 11.8. The van der Waals surface area contributed by atoms with Gasteiger partial charge in [0.05, 0.1) is 12.1 Å². The first-order valence-electron chi connectivity index (χ1n) is 7.40. The Labute approximate surface area is 109 Å². The predicted molar refractivity (Wildman–Crippen MR) is 69.1 cm³/mol. The van der Waals surface area contributed by atoms with Crippen molar-refractivity contribution in [3.63, 3.8) is 0 Å². The standard InChI is InChI=1S/C14H24N2O2/c17-13(15-12-4-5-12)10-16-8-7-14(18)6-2-1-3-11(14)9-16/h11-12,18H,1-10H2,(H,15,17). The Morgan fingerprint density at radius 3 is 2.89 bits per heavy atom. The van der Waals surface area contributed by atoms with Crippen LogP contribution in [0.2, 0.25) is 0 Å². The highest BCUT2D eigenvalue weighted by atomic mass is 16.3. The molecule has 3 rings (SSSR count). The highest BCUT2D eigenvalue weighted by Crippen LogP contribution is 2.39. The number of carbonyl (C=O) groups excluding carboxylic acids is 1. The van der Waals surface area contributed by atoms with E-state index < -0.39 is 5.60 Å². The summed E-state index contributed by atoms with van der Waals surface area (Å²) in [5.41, 5.74) is -0.429. The Kier molecular flexibility index (Phi) is 3.32. The summed E-state index contributed by atoms with van der Waals surface area (Å²) < 4.78 is 0. The molecule has 2 unspecified atom stereocenters. The molecular formula is C14H24N2O2. The van der Waals surface area contributed by atoms with E-state index in [2.05, 4.69) is 10.2 Å². The molecule has 4 heteroatoms. The monoisotopic (exact) mass is 252 g/mol. The van der Waals surface area contributed by atoms with E-state index in [9.17, 15) is 9.90 Å². The van der Waals surface area contributed by atoms with Gasteiger partial charge in [-0.05, 0) is 32.1 Å². The third-order valence-electron chi connectivity index (χ3n) is 4.82. The zero-order chi connectivity index (χ0) is 12.6. The number of hydrogen-bond acceptors (Lipinski definition) is 3. The van der Waals surface area contributed by atoms with E-state index in [0.29, 0.717) is 18.5 Å². The van der Waals surface area contributed by atoms with Gasteiger partial charge in [-0.25, -0.2) is 0 Å². The topological polar surface area (TPSA) is 52.6 Å². The van der Waals surface area contributed by atoms with Gasteiger partial charge in [0, 0.05) is 25.0 Å². The highest BCUT2D eigenvalue weighted by molar-refractivity contribution is 5.78. The number of fused-ring (bicyclic) bond motifs is 1. The number of aliphatic hydroxyl groups is 1. The third-order valence-corrected chi connectivity index (χ3v) is 4.82. The van der Waals surface area contributed by atoms with Crippen LogP contribution in [0.1, 0.15) is 44.9 Å². The molecule has 0 spiro atoms. The van der Waals surface area contributed by atoms with Crippen LogP contribution in [0.3, 0.4) is 0 Å². The fourth-order valence-electron chi connectivity index (χ4n) is 3.49. The van der Waals surface area contributed by atoms with E-state index in [0.717, 1.165) is 51.6 Å². The minimum atomic E-state index is -0.429. The average Bonchev–Trinajstić information content (AvgIpc) is 3.13. The largest absolute Gasteiger partial charge is 0.390 e. The van der Waals surface area contributed by atoms with E-state index >= 15 is 0 Å². The van der Waals surface area contributed by atoms with Gasteiger partial charge in [-0.1, -0.05) is 12.8 Å². The Morgan fingerprint density at radius 2 is 2.11 bits per heavy atom. The van der Waals surface area contributed by atoms with Crippen LogP contribution in [0.15, 0.2) is 0 Å². The molecule has 3 fully saturated rings. The number of nitrogens with zero attached hydrogens (tertiary/aromatic N) is 1. The van der Waals surface area contributed by atoms with Gasteiger partial charge in [0.15, 0.2) is 0 Å². The van der Waals surface area contributed by atoms with E-state index in [1.807, 2.05) is 0 Å². The fourth-order valence-corrected chi connectivity index (χ4v) is 3.49. The summed E-state index contributed by atoms with van der Waals surface area (Å²) >= 11 is 0. The van der Waals surface area contributed by atoms with E-state index in [4.69, 9.17) is 0 Å². The lowest BCUT2D eigenvalue weighted by molar-refractivity contribution is -0.127. The molecule has 0 aromatic heterocycles. The summed E-state index contributed by atoms with van der Waals surface area (Å²) in [6.45, 7) is 2.28. The molecule has 2 N–H and O–H groups in total. The molecule has 1 aliphatic heterocycles. The SMILES string of the molecule is O=C(CN1CCC2(O)CCCCC2C1)NC1CC1. The molecule has 18 heavy (non-hydrogen) atoms. The lowest BCUT2D eigenvalue weighted by Crippen LogP contribution is -2.54. The van der Waals surface area contributed by atoms with Gasteiger partial charge in [0.1, 0.15) is 0 Å². The van der Waals surface area contributed by atoms with Gasteiger partial charge < -0.3 is 10.4 Å². The number of amides is 1. The number of rotatable bonds is 3. The molecule has 102 valence electrons. The summed E-state index contributed by atoms with van der Waals surface area (Å²) in [6, 6.07) is 0.453. The van der Waals surface area contributed by atoms with Crippen molar-refractivity contribution >= 4 is 5.91 Å². The van der Waals surface area contributed by atoms with Crippen molar-refractivity contribution in [1.29, 1.82) is 0 Å². The Morgan fingerprint density at radius 1 is 1.28 bits per heavy atom. The zero-order valence-corrected chi connectivity index (χ0v) is 11.0. The van der Waals surface area contributed by atoms with Crippen LogP contribution in [0, 0.1) is 5.92 Å². The van der Waals surface area contributed by atoms with Crippen LogP contribution in [0.25, 0.3) is 0 Å². The smallest absolute Gasteiger partial charge is 0.234 e. The summed E-state index contributed by atoms with van der Waals surface area (Å²) in [7, 11) is 0. The average molecular weight is 252 g/mol. The van der Waals surface area contributed by atoms with Crippen LogP contribution in [0.4, 0.5) is 0 Å². The summed E-state index contributed by atoms with van der Waals surface area (Å²) in [6.07, 6.45) is 7.61. The minimum absolute atomic E-state index is 0.166. The van der Waals surface area contributed by atoms with Crippen molar-refractivity contribution in [3.8, 4) is 0 Å². The molecule has 2 atom stereocenters. The first-order chi connectivity index (χ1) is 8.66. The molecule has 2 aliphatic carbocycles. The van der Waals surface area contributed by atoms with E-state index in [1.54, 1.807) is 0 Å². The van der Waals surface area contributed by atoms with Gasteiger partial charge in [-0.2, -0.15) is 0 Å².